The molecule has 0 aliphatic carbocycles. The number of unbranched alkanes of at least 4 members (excludes halogenated alkanes) is 2. The lowest BCUT2D eigenvalue weighted by molar-refractivity contribution is -0.480. The van der Waals surface area contributed by atoms with Gasteiger partial charge in [-0.3, -0.25) is 10.1 Å². The summed E-state index contributed by atoms with van der Waals surface area (Å²) in [4.78, 5) is 9.79. The second kappa shape index (κ2) is 6.13. The highest BCUT2D eigenvalue weighted by molar-refractivity contribution is 5.14. The minimum atomic E-state index is -0.248. The lowest BCUT2D eigenvalue weighted by Crippen LogP contribution is -2.00. The topological polar surface area (TPSA) is 43.1 Å². The molecule has 0 amide bonds. The van der Waals surface area contributed by atoms with Crippen molar-refractivity contribution < 1.29 is 4.92 Å². The first kappa shape index (κ1) is 10.7. The number of hydrogen-bond donors (Lipinski definition) is 0. The van der Waals surface area contributed by atoms with E-state index in [0.29, 0.717) is 6.42 Å². The van der Waals surface area contributed by atoms with E-state index in [2.05, 4.69) is 12.1 Å². The van der Waals surface area contributed by atoms with Crippen LogP contribution < -0.4 is 0 Å². The van der Waals surface area contributed by atoms with Crippen LogP contribution in [0.2, 0.25) is 0 Å². The highest BCUT2D eigenvalue weighted by atomic mass is 16.6. The summed E-state index contributed by atoms with van der Waals surface area (Å²) in [6, 6.07) is 10.2. The van der Waals surface area contributed by atoms with Crippen molar-refractivity contribution in [2.24, 2.45) is 0 Å². The summed E-state index contributed by atoms with van der Waals surface area (Å²) in [6.07, 6.45) is 3.70. The third-order valence-electron chi connectivity index (χ3n) is 2.15. The summed E-state index contributed by atoms with van der Waals surface area (Å²) in [5.74, 6) is 0. The molecule has 76 valence electrons. The third kappa shape index (κ3) is 4.60. The largest absolute Gasteiger partial charge is 0.265 e. The summed E-state index contributed by atoms with van der Waals surface area (Å²) >= 11 is 0. The molecule has 1 rings (SSSR count). The fraction of sp³-hybridized carbons (Fsp3) is 0.455. The number of nitrogens with zero attached hydrogens (tertiary/aromatic N) is 1. The molecule has 0 N–H and O–H groups in total. The molecule has 0 aliphatic heterocycles. The molecule has 0 aromatic heterocycles. The maximum Gasteiger partial charge on any atom is 0.203 e. The van der Waals surface area contributed by atoms with E-state index in [4.69, 9.17) is 0 Å². The quantitative estimate of drug-likeness (QED) is 0.396. The van der Waals surface area contributed by atoms with Crippen molar-refractivity contribution in [2.75, 3.05) is 6.54 Å². The Morgan fingerprint density at radius 2 is 1.79 bits per heavy atom. The number of nitro groups is 1. The van der Waals surface area contributed by atoms with Crippen molar-refractivity contribution in [1.29, 1.82) is 0 Å². The van der Waals surface area contributed by atoms with Crippen molar-refractivity contribution in [1.82, 2.24) is 0 Å². The van der Waals surface area contributed by atoms with Gasteiger partial charge < -0.3 is 0 Å². The first-order valence-corrected chi connectivity index (χ1v) is 4.95. The van der Waals surface area contributed by atoms with Crippen LogP contribution in [-0.4, -0.2) is 11.5 Å². The van der Waals surface area contributed by atoms with Crippen molar-refractivity contribution in [3.8, 4) is 0 Å². The van der Waals surface area contributed by atoms with Gasteiger partial charge >= 0.3 is 0 Å². The van der Waals surface area contributed by atoms with Crippen LogP contribution >= 0.6 is 0 Å². The van der Waals surface area contributed by atoms with Gasteiger partial charge in [0.2, 0.25) is 6.54 Å². The van der Waals surface area contributed by atoms with Gasteiger partial charge in [-0.1, -0.05) is 30.3 Å². The lowest BCUT2D eigenvalue weighted by atomic mass is 10.1. The van der Waals surface area contributed by atoms with Crippen LogP contribution in [0, 0.1) is 10.1 Å². The van der Waals surface area contributed by atoms with E-state index >= 15 is 0 Å². The SMILES string of the molecule is O=[N+]([O-])CCCCCc1ccccc1. The highest BCUT2D eigenvalue weighted by Gasteiger charge is 1.97. The first-order valence-electron chi connectivity index (χ1n) is 4.95. The van der Waals surface area contributed by atoms with E-state index < -0.39 is 0 Å². The molecule has 0 aliphatic rings. The Balaban J connectivity index is 2.08. The molecule has 0 radical (unpaired) electrons. The molecule has 1 aromatic carbocycles. The van der Waals surface area contributed by atoms with Crippen molar-refractivity contribution in [3.05, 3.63) is 46.0 Å². The van der Waals surface area contributed by atoms with Crippen LogP contribution in [0.15, 0.2) is 30.3 Å². The standard InChI is InChI=1S/C11H15NO2/c13-12(14)10-6-2-5-9-11-7-3-1-4-8-11/h1,3-4,7-8H,2,5-6,9-10H2. The van der Waals surface area contributed by atoms with E-state index in [0.717, 1.165) is 19.3 Å². The molecule has 1 aromatic rings. The minimum Gasteiger partial charge on any atom is -0.265 e. The smallest absolute Gasteiger partial charge is 0.203 e. The summed E-state index contributed by atoms with van der Waals surface area (Å²) in [5.41, 5.74) is 1.31. The molecule has 0 spiro atoms. The maximum atomic E-state index is 10.0. The molecule has 3 heteroatoms. The zero-order valence-electron chi connectivity index (χ0n) is 8.19. The van der Waals surface area contributed by atoms with Gasteiger partial charge in [-0.25, -0.2) is 0 Å². The number of benzene rings is 1. The number of aryl methyl sites for hydroxylation is 1. The normalized spacial score (nSPS) is 10.0. The van der Waals surface area contributed by atoms with Gasteiger partial charge in [0, 0.05) is 11.3 Å². The van der Waals surface area contributed by atoms with Crippen LogP contribution in [0.5, 0.6) is 0 Å². The molecule has 0 fully saturated rings. The zero-order chi connectivity index (χ0) is 10.2. The van der Waals surface area contributed by atoms with E-state index in [9.17, 15) is 10.1 Å². The van der Waals surface area contributed by atoms with Gasteiger partial charge in [-0.2, -0.15) is 0 Å². The van der Waals surface area contributed by atoms with Crippen LogP contribution in [-0.2, 0) is 6.42 Å². The molecule has 3 nitrogen and oxygen atoms in total. The lowest BCUT2D eigenvalue weighted by Gasteiger charge is -1.99. The molecule has 0 unspecified atom stereocenters. The Morgan fingerprint density at radius 1 is 1.07 bits per heavy atom. The Labute approximate surface area is 83.9 Å². The maximum absolute atomic E-state index is 10.0. The molecular weight excluding hydrogens is 178 g/mol. The van der Waals surface area contributed by atoms with Crippen LogP contribution in [0.1, 0.15) is 24.8 Å². The molecule has 0 heterocycles. The van der Waals surface area contributed by atoms with Gasteiger partial charge in [0.05, 0.1) is 0 Å². The van der Waals surface area contributed by atoms with Gasteiger partial charge in [0.25, 0.3) is 0 Å². The summed E-state index contributed by atoms with van der Waals surface area (Å²) in [5, 5.41) is 10.0. The van der Waals surface area contributed by atoms with Gasteiger partial charge in [-0.05, 0) is 24.8 Å². The second-order valence-electron chi connectivity index (χ2n) is 3.35. The number of hydrogen-bond acceptors (Lipinski definition) is 2. The molecule has 0 saturated carbocycles. The Morgan fingerprint density at radius 3 is 2.43 bits per heavy atom. The molecule has 0 saturated heterocycles. The zero-order valence-corrected chi connectivity index (χ0v) is 8.19. The Bertz CT molecular complexity index is 272. The van der Waals surface area contributed by atoms with Crippen LogP contribution in [0.3, 0.4) is 0 Å². The summed E-state index contributed by atoms with van der Waals surface area (Å²) in [6.45, 7) is 0.106. The first-order chi connectivity index (χ1) is 6.79. The summed E-state index contributed by atoms with van der Waals surface area (Å²) in [7, 11) is 0. The highest BCUT2D eigenvalue weighted by Crippen LogP contribution is 2.05. The van der Waals surface area contributed by atoms with E-state index in [1.54, 1.807) is 0 Å². The average molecular weight is 193 g/mol. The van der Waals surface area contributed by atoms with Crippen molar-refractivity contribution >= 4 is 0 Å². The van der Waals surface area contributed by atoms with Crippen molar-refractivity contribution in [3.63, 3.8) is 0 Å². The Kier molecular flexibility index (Phi) is 4.69. The predicted molar refractivity (Wildman–Crippen MR) is 55.9 cm³/mol. The molecular formula is C11H15NO2. The van der Waals surface area contributed by atoms with Crippen LogP contribution in [0.25, 0.3) is 0 Å². The average Bonchev–Trinajstić information content (AvgIpc) is 2.18. The van der Waals surface area contributed by atoms with E-state index in [1.165, 1.54) is 5.56 Å². The summed E-state index contributed by atoms with van der Waals surface area (Å²) < 4.78 is 0. The number of rotatable bonds is 6. The minimum absolute atomic E-state index is 0.106. The fourth-order valence-corrected chi connectivity index (χ4v) is 1.39. The Hall–Kier alpha value is -1.38. The molecule has 0 bridgehead atoms. The van der Waals surface area contributed by atoms with Gasteiger partial charge in [0.1, 0.15) is 0 Å². The van der Waals surface area contributed by atoms with Gasteiger partial charge in [-0.15, -0.1) is 0 Å². The van der Waals surface area contributed by atoms with E-state index in [1.807, 2.05) is 18.2 Å². The van der Waals surface area contributed by atoms with Crippen LogP contribution in [0.4, 0.5) is 0 Å². The third-order valence-corrected chi connectivity index (χ3v) is 2.15. The molecule has 14 heavy (non-hydrogen) atoms. The predicted octanol–water partition coefficient (Wildman–Crippen LogP) is 2.68. The van der Waals surface area contributed by atoms with Crippen molar-refractivity contribution in [2.45, 2.75) is 25.7 Å². The van der Waals surface area contributed by atoms with E-state index in [-0.39, 0.29) is 11.5 Å². The monoisotopic (exact) mass is 193 g/mol. The second-order valence-corrected chi connectivity index (χ2v) is 3.35. The molecule has 0 atom stereocenters. The van der Waals surface area contributed by atoms with Gasteiger partial charge in [0.15, 0.2) is 0 Å². The fourth-order valence-electron chi connectivity index (χ4n) is 1.39.